The largest absolute Gasteiger partial charge is 0.465 e. The molecule has 5 nitrogen and oxygen atoms in total. The first-order valence-electron chi connectivity index (χ1n) is 17.5. The summed E-state index contributed by atoms with van der Waals surface area (Å²) in [7, 11) is 0. The molecule has 5 aliphatic rings. The lowest BCUT2D eigenvalue weighted by Gasteiger charge is -2.73. The van der Waals surface area contributed by atoms with Gasteiger partial charge in [-0.1, -0.05) is 65.0 Å². The molecule has 1 aromatic rings. The number of allylic oxidation sites excluding steroid dienone is 1. The Labute approximate surface area is 266 Å². The fraction of sp³-hybridized carbons (Fsp3) is 0.744. The second kappa shape index (κ2) is 10.9. The molecule has 1 amide bonds. The van der Waals surface area contributed by atoms with Crippen molar-refractivity contribution in [1.29, 1.82) is 0 Å². The van der Waals surface area contributed by atoms with Crippen LogP contribution in [0.25, 0.3) is 0 Å². The highest BCUT2D eigenvalue weighted by Gasteiger charge is 2.71. The zero-order valence-corrected chi connectivity index (χ0v) is 28.5. The normalized spacial score (nSPS) is 43.8. The monoisotopic (exact) mass is 603 g/mol. The molecule has 5 aliphatic carbocycles. The number of esters is 1. The Kier molecular flexibility index (Phi) is 7.85. The average Bonchev–Trinajstić information content (AvgIpc) is 3.35. The van der Waals surface area contributed by atoms with Gasteiger partial charge in [0.25, 0.3) is 0 Å². The van der Waals surface area contributed by atoms with Gasteiger partial charge in [0, 0.05) is 23.4 Å². The van der Waals surface area contributed by atoms with E-state index in [0.717, 1.165) is 31.4 Å². The number of amides is 1. The van der Waals surface area contributed by atoms with Crippen LogP contribution >= 0.6 is 0 Å². The Bertz CT molecular complexity index is 1290. The molecule has 0 unspecified atom stereocenters. The van der Waals surface area contributed by atoms with Crippen molar-refractivity contribution < 1.29 is 19.1 Å². The Morgan fingerprint density at radius 1 is 0.841 bits per heavy atom. The third-order valence-electron chi connectivity index (χ3n) is 15.0. The van der Waals surface area contributed by atoms with E-state index in [0.29, 0.717) is 36.2 Å². The lowest BCUT2D eigenvalue weighted by atomic mass is 9.32. The van der Waals surface area contributed by atoms with Crippen LogP contribution < -0.4 is 5.32 Å². The van der Waals surface area contributed by atoms with Crippen molar-refractivity contribution in [2.24, 2.45) is 56.7 Å². The SMILES string of the molecule is C=C(C)[C@@H]1CC[C@]2(COC(C)=O)CC[C@]3(C)[C@H](CC[C@@H]4[C@@]5(C)CC[C@H](OC(=O)Nc6ccccc6)C(C)(C)[C@@H]5CC[C@]43C)[C@@H]12. The van der Waals surface area contributed by atoms with Crippen LogP contribution in [0.1, 0.15) is 113 Å². The minimum absolute atomic E-state index is 0.0908. The number of benzene rings is 1. The summed E-state index contributed by atoms with van der Waals surface area (Å²) in [6.07, 6.45) is 11.3. The number of hydrogen-bond donors (Lipinski definition) is 1. The molecule has 0 heterocycles. The van der Waals surface area contributed by atoms with E-state index < -0.39 is 0 Å². The third kappa shape index (κ3) is 4.68. The summed E-state index contributed by atoms with van der Waals surface area (Å²) in [5.74, 6) is 2.72. The van der Waals surface area contributed by atoms with E-state index in [1.807, 2.05) is 30.3 Å². The molecule has 10 atom stereocenters. The Morgan fingerprint density at radius 2 is 1.57 bits per heavy atom. The smallest absolute Gasteiger partial charge is 0.411 e. The van der Waals surface area contributed by atoms with Gasteiger partial charge in [0.2, 0.25) is 0 Å². The number of para-hydroxylation sites is 1. The van der Waals surface area contributed by atoms with E-state index in [9.17, 15) is 9.59 Å². The van der Waals surface area contributed by atoms with Gasteiger partial charge >= 0.3 is 12.1 Å². The summed E-state index contributed by atoms with van der Waals surface area (Å²) in [6.45, 7) is 21.5. The zero-order chi connectivity index (χ0) is 31.7. The molecule has 0 bridgehead atoms. The molecule has 5 saturated carbocycles. The van der Waals surface area contributed by atoms with Crippen LogP contribution in [0.3, 0.4) is 0 Å². The topological polar surface area (TPSA) is 64.6 Å². The van der Waals surface area contributed by atoms with E-state index in [4.69, 9.17) is 9.47 Å². The van der Waals surface area contributed by atoms with Gasteiger partial charge in [-0.2, -0.15) is 0 Å². The predicted octanol–water partition coefficient (Wildman–Crippen LogP) is 9.82. The minimum Gasteiger partial charge on any atom is -0.465 e. The van der Waals surface area contributed by atoms with Crippen molar-refractivity contribution in [3.8, 4) is 0 Å². The number of nitrogens with one attached hydrogen (secondary N) is 1. The quantitative estimate of drug-likeness (QED) is 0.269. The van der Waals surface area contributed by atoms with Crippen LogP contribution in [-0.2, 0) is 14.3 Å². The lowest BCUT2D eigenvalue weighted by molar-refractivity contribution is -0.249. The van der Waals surface area contributed by atoms with E-state index in [1.165, 1.54) is 44.1 Å². The maximum absolute atomic E-state index is 13.0. The van der Waals surface area contributed by atoms with Crippen LogP contribution in [0.2, 0.25) is 0 Å². The summed E-state index contributed by atoms with van der Waals surface area (Å²) in [5.41, 5.74) is 2.82. The molecule has 0 aromatic heterocycles. The van der Waals surface area contributed by atoms with Gasteiger partial charge in [0.15, 0.2) is 0 Å². The first-order chi connectivity index (χ1) is 20.7. The predicted molar refractivity (Wildman–Crippen MR) is 176 cm³/mol. The molecule has 242 valence electrons. The Morgan fingerprint density at radius 3 is 2.25 bits per heavy atom. The lowest BCUT2D eigenvalue weighted by Crippen LogP contribution is -2.67. The van der Waals surface area contributed by atoms with E-state index in [-0.39, 0.29) is 45.2 Å². The van der Waals surface area contributed by atoms with Gasteiger partial charge in [-0.25, -0.2) is 4.79 Å². The Balaban J connectivity index is 1.25. The van der Waals surface area contributed by atoms with Gasteiger partial charge < -0.3 is 9.47 Å². The molecule has 5 fully saturated rings. The van der Waals surface area contributed by atoms with Gasteiger partial charge in [-0.3, -0.25) is 10.1 Å². The van der Waals surface area contributed by atoms with Crippen molar-refractivity contribution in [3.05, 3.63) is 42.5 Å². The van der Waals surface area contributed by atoms with Gasteiger partial charge in [0.05, 0.1) is 6.61 Å². The first kappa shape index (κ1) is 31.7. The van der Waals surface area contributed by atoms with Gasteiger partial charge in [0.1, 0.15) is 6.10 Å². The number of carbonyl (C=O) groups excluding carboxylic acids is 2. The third-order valence-corrected chi connectivity index (χ3v) is 15.0. The molecule has 0 aliphatic heterocycles. The summed E-state index contributed by atoms with van der Waals surface area (Å²) in [5, 5.41) is 2.95. The highest BCUT2D eigenvalue weighted by molar-refractivity contribution is 5.84. The van der Waals surface area contributed by atoms with Crippen molar-refractivity contribution >= 4 is 17.7 Å². The summed E-state index contributed by atoms with van der Waals surface area (Å²) in [6, 6.07) is 9.61. The van der Waals surface area contributed by atoms with Gasteiger partial charge in [-0.05, 0) is 129 Å². The standard InChI is InChI=1S/C39H57NO4/c1-25(2)28-16-21-39(24-43-26(3)41)23-22-37(7)29(33(28)39)14-15-31-36(6)19-18-32(35(4,5)30(36)17-20-38(31,37)8)44-34(42)40-27-12-10-9-11-13-27/h9-13,28-33H,1,14-24H2,2-8H3,(H,40,42)/t28-,29+,30-,31+,32-,33+,36-,37+,38+,39+/m0/s1. The van der Waals surface area contributed by atoms with E-state index in [1.54, 1.807) is 6.92 Å². The van der Waals surface area contributed by atoms with Crippen LogP contribution in [0, 0.1) is 56.7 Å². The first-order valence-corrected chi connectivity index (χ1v) is 17.5. The van der Waals surface area contributed by atoms with Crippen molar-refractivity contribution in [2.75, 3.05) is 11.9 Å². The molecule has 0 radical (unpaired) electrons. The molecule has 0 spiro atoms. The second-order valence-electron chi connectivity index (χ2n) is 17.1. The number of fused-ring (bicyclic) bond motifs is 7. The van der Waals surface area contributed by atoms with Crippen molar-refractivity contribution in [3.63, 3.8) is 0 Å². The number of anilines is 1. The van der Waals surface area contributed by atoms with E-state index in [2.05, 4.69) is 53.4 Å². The average molecular weight is 604 g/mol. The fourth-order valence-electron chi connectivity index (χ4n) is 12.8. The minimum atomic E-state index is -0.338. The van der Waals surface area contributed by atoms with Crippen LogP contribution in [0.4, 0.5) is 10.5 Å². The number of hydrogen-bond acceptors (Lipinski definition) is 4. The summed E-state index contributed by atoms with van der Waals surface area (Å²) < 4.78 is 12.0. The number of carbonyl (C=O) groups is 2. The van der Waals surface area contributed by atoms with Crippen molar-refractivity contribution in [1.82, 2.24) is 0 Å². The van der Waals surface area contributed by atoms with Crippen molar-refractivity contribution in [2.45, 2.75) is 119 Å². The molecular weight excluding hydrogens is 546 g/mol. The number of rotatable bonds is 5. The molecule has 1 aromatic carbocycles. The molecule has 0 saturated heterocycles. The zero-order valence-electron chi connectivity index (χ0n) is 28.5. The molecule has 1 N–H and O–H groups in total. The highest BCUT2D eigenvalue weighted by atomic mass is 16.6. The molecule has 6 rings (SSSR count). The van der Waals surface area contributed by atoms with E-state index >= 15 is 0 Å². The van der Waals surface area contributed by atoms with Gasteiger partial charge in [-0.15, -0.1) is 0 Å². The second-order valence-corrected chi connectivity index (χ2v) is 17.1. The molecular formula is C39H57NO4. The summed E-state index contributed by atoms with van der Waals surface area (Å²) >= 11 is 0. The van der Waals surface area contributed by atoms with Crippen LogP contribution in [0.15, 0.2) is 42.5 Å². The van der Waals surface area contributed by atoms with Crippen LogP contribution in [-0.4, -0.2) is 24.8 Å². The van der Waals surface area contributed by atoms with Crippen LogP contribution in [0.5, 0.6) is 0 Å². The maximum atomic E-state index is 13.0. The Hall–Kier alpha value is -2.30. The molecule has 44 heavy (non-hydrogen) atoms. The molecule has 5 heteroatoms. The maximum Gasteiger partial charge on any atom is 0.411 e. The highest BCUT2D eigenvalue weighted by Crippen LogP contribution is 2.77. The number of ether oxygens (including phenoxy) is 2. The fourth-order valence-corrected chi connectivity index (χ4v) is 12.8. The summed E-state index contributed by atoms with van der Waals surface area (Å²) in [4.78, 5) is 25.0.